The molecule has 5 nitrogen and oxygen atoms in total. The zero-order valence-electron chi connectivity index (χ0n) is 19.6. The number of hydrogen-bond acceptors (Lipinski definition) is 5. The highest BCUT2D eigenvalue weighted by Crippen LogP contribution is 2.56. The van der Waals surface area contributed by atoms with Gasteiger partial charge in [-0.15, -0.1) is 0 Å². The highest BCUT2D eigenvalue weighted by molar-refractivity contribution is 7.92. The van der Waals surface area contributed by atoms with Gasteiger partial charge in [0.25, 0.3) is 0 Å². The van der Waals surface area contributed by atoms with Crippen molar-refractivity contribution in [1.82, 2.24) is 0 Å². The van der Waals surface area contributed by atoms with E-state index in [2.05, 4.69) is 0 Å². The Hall–Kier alpha value is -2.03. The van der Waals surface area contributed by atoms with E-state index in [1.165, 1.54) is 24.3 Å². The standard InChI is InChI=1S/C26H29ClF2O5S/c1-2-4-19(30)5-3-14-33-20-12-13-26(35(31,32)21-8-6-18(27)7-9-21)17(15-20)16-34-25-23(29)11-10-22(28)24(25)26/h6-11,17,20H,2-5,12-16H2,1H3/t17-,20-,26+/m1/s1. The van der Waals surface area contributed by atoms with Crippen LogP contribution in [-0.2, 0) is 24.1 Å². The molecular formula is C26H29ClF2O5S. The molecule has 0 spiro atoms. The van der Waals surface area contributed by atoms with E-state index in [1.54, 1.807) is 0 Å². The Labute approximate surface area is 209 Å². The largest absolute Gasteiger partial charge is 0.490 e. The molecule has 0 radical (unpaired) electrons. The van der Waals surface area contributed by atoms with Crippen molar-refractivity contribution in [2.75, 3.05) is 13.2 Å². The zero-order chi connectivity index (χ0) is 25.2. The van der Waals surface area contributed by atoms with Gasteiger partial charge in [0.1, 0.15) is 16.3 Å². The van der Waals surface area contributed by atoms with Crippen LogP contribution in [0.5, 0.6) is 5.75 Å². The molecular weight excluding hydrogens is 498 g/mol. The van der Waals surface area contributed by atoms with Crippen LogP contribution in [0.3, 0.4) is 0 Å². The maximum absolute atomic E-state index is 15.3. The summed E-state index contributed by atoms with van der Waals surface area (Å²) in [6, 6.07) is 7.63. The normalized spacial score (nSPS) is 23.8. The lowest BCUT2D eigenvalue weighted by Crippen LogP contribution is -2.53. The number of fused-ring (bicyclic) bond motifs is 3. The predicted molar refractivity (Wildman–Crippen MR) is 128 cm³/mol. The van der Waals surface area contributed by atoms with E-state index in [4.69, 9.17) is 21.1 Å². The summed E-state index contributed by atoms with van der Waals surface area (Å²) in [7, 11) is -4.16. The molecule has 1 aliphatic carbocycles. The third kappa shape index (κ3) is 4.85. The molecule has 0 aromatic heterocycles. The monoisotopic (exact) mass is 526 g/mol. The van der Waals surface area contributed by atoms with E-state index in [0.29, 0.717) is 43.7 Å². The number of sulfone groups is 1. The topological polar surface area (TPSA) is 69.7 Å². The fraction of sp³-hybridized carbons (Fsp3) is 0.500. The first kappa shape index (κ1) is 26.0. The summed E-state index contributed by atoms with van der Waals surface area (Å²) in [5, 5.41) is 0.372. The number of ketones is 1. The van der Waals surface area contributed by atoms with Gasteiger partial charge in [-0.1, -0.05) is 18.5 Å². The van der Waals surface area contributed by atoms with Crippen LogP contribution in [0.25, 0.3) is 0 Å². The summed E-state index contributed by atoms with van der Waals surface area (Å²) < 4.78 is 68.1. The maximum atomic E-state index is 15.3. The van der Waals surface area contributed by atoms with Crippen LogP contribution in [0.15, 0.2) is 41.3 Å². The Morgan fingerprint density at radius 1 is 1.14 bits per heavy atom. The number of hydrogen-bond donors (Lipinski definition) is 0. The van der Waals surface area contributed by atoms with Crippen LogP contribution >= 0.6 is 11.6 Å². The van der Waals surface area contributed by atoms with Gasteiger partial charge in [-0.25, -0.2) is 17.2 Å². The van der Waals surface area contributed by atoms with E-state index in [-0.39, 0.29) is 41.1 Å². The molecule has 3 atom stereocenters. The highest BCUT2D eigenvalue weighted by Gasteiger charge is 2.59. The van der Waals surface area contributed by atoms with Crippen molar-refractivity contribution in [2.45, 2.75) is 67.6 Å². The fourth-order valence-corrected chi connectivity index (χ4v) is 7.87. The average molecular weight is 527 g/mol. The van der Waals surface area contributed by atoms with Crippen LogP contribution < -0.4 is 4.74 Å². The Morgan fingerprint density at radius 2 is 1.86 bits per heavy atom. The Kier molecular flexibility index (Phi) is 7.83. The van der Waals surface area contributed by atoms with Crippen molar-refractivity contribution >= 4 is 27.2 Å². The number of carbonyl (C=O) groups excluding carboxylic acids is 1. The molecule has 1 aliphatic heterocycles. The maximum Gasteiger partial charge on any atom is 0.188 e. The summed E-state index contributed by atoms with van der Waals surface area (Å²) in [6.45, 7) is 2.26. The van der Waals surface area contributed by atoms with E-state index in [9.17, 15) is 17.6 Å². The van der Waals surface area contributed by atoms with Crippen LogP contribution in [-0.4, -0.2) is 33.5 Å². The van der Waals surface area contributed by atoms with Crippen LogP contribution in [0.4, 0.5) is 8.78 Å². The number of rotatable bonds is 9. The third-order valence-corrected chi connectivity index (χ3v) is 9.89. The van der Waals surface area contributed by atoms with Crippen LogP contribution in [0.2, 0.25) is 5.02 Å². The molecule has 1 saturated carbocycles. The summed E-state index contributed by atoms with van der Waals surface area (Å²) in [5.41, 5.74) is -0.243. The molecule has 0 amide bonds. The first-order valence-electron chi connectivity index (χ1n) is 12.0. The smallest absolute Gasteiger partial charge is 0.188 e. The molecule has 0 N–H and O–H groups in total. The summed E-state index contributed by atoms with van der Waals surface area (Å²) in [4.78, 5) is 11.8. The van der Waals surface area contributed by atoms with Gasteiger partial charge >= 0.3 is 0 Å². The van der Waals surface area contributed by atoms with Crippen molar-refractivity contribution in [3.8, 4) is 5.75 Å². The lowest BCUT2D eigenvalue weighted by molar-refractivity contribution is -0.119. The minimum atomic E-state index is -4.16. The molecule has 2 aliphatic rings. The van der Waals surface area contributed by atoms with Crippen molar-refractivity contribution in [2.24, 2.45) is 5.92 Å². The van der Waals surface area contributed by atoms with Gasteiger partial charge in [0.05, 0.1) is 23.2 Å². The Balaban J connectivity index is 1.65. The lowest BCUT2D eigenvalue weighted by Gasteiger charge is -2.48. The Bertz CT molecular complexity index is 1180. The molecule has 0 saturated heterocycles. The minimum Gasteiger partial charge on any atom is -0.490 e. The van der Waals surface area contributed by atoms with E-state index >= 15 is 4.39 Å². The van der Waals surface area contributed by atoms with Gasteiger partial charge in [-0.05, 0) is 68.5 Å². The number of halogens is 3. The van der Waals surface area contributed by atoms with E-state index in [1.807, 2.05) is 6.92 Å². The molecule has 35 heavy (non-hydrogen) atoms. The first-order valence-corrected chi connectivity index (χ1v) is 13.8. The molecule has 4 rings (SSSR count). The summed E-state index contributed by atoms with van der Waals surface area (Å²) >= 11 is 5.96. The van der Waals surface area contributed by atoms with Gasteiger partial charge in [0.15, 0.2) is 21.4 Å². The molecule has 2 aromatic rings. The molecule has 1 fully saturated rings. The molecule has 9 heteroatoms. The van der Waals surface area contributed by atoms with Crippen molar-refractivity contribution in [3.05, 3.63) is 58.6 Å². The SMILES string of the molecule is CCCC(=O)CCCO[C@@H]1CC[C@@]2(S(=O)(=O)c3ccc(Cl)cc3)c3c(F)ccc(F)c3OC[C@H]2C1. The van der Waals surface area contributed by atoms with Gasteiger partial charge in [-0.3, -0.25) is 4.79 Å². The fourth-order valence-electron chi connectivity index (χ4n) is 5.38. The summed E-state index contributed by atoms with van der Waals surface area (Å²) in [5.74, 6) is -2.39. The summed E-state index contributed by atoms with van der Waals surface area (Å²) in [6.07, 6.45) is 2.85. The molecule has 0 bridgehead atoms. The Morgan fingerprint density at radius 3 is 2.57 bits per heavy atom. The van der Waals surface area contributed by atoms with Crippen molar-refractivity contribution in [1.29, 1.82) is 0 Å². The second-order valence-electron chi connectivity index (χ2n) is 9.25. The zero-order valence-corrected chi connectivity index (χ0v) is 21.1. The average Bonchev–Trinajstić information content (AvgIpc) is 2.84. The second-order valence-corrected chi connectivity index (χ2v) is 11.9. The van der Waals surface area contributed by atoms with Crippen molar-refractivity contribution in [3.63, 3.8) is 0 Å². The quantitative estimate of drug-likeness (QED) is 0.374. The first-order chi connectivity index (χ1) is 16.7. The molecule has 0 unspecified atom stereocenters. The van der Waals surface area contributed by atoms with E-state index < -0.39 is 32.1 Å². The second kappa shape index (κ2) is 10.5. The van der Waals surface area contributed by atoms with Crippen LogP contribution in [0, 0.1) is 17.6 Å². The van der Waals surface area contributed by atoms with Gasteiger partial charge in [-0.2, -0.15) is 0 Å². The van der Waals surface area contributed by atoms with Gasteiger partial charge in [0.2, 0.25) is 0 Å². The number of ether oxygens (including phenoxy) is 2. The number of carbonyl (C=O) groups is 1. The number of Topliss-reactive ketones (excluding diaryl/α,β-unsaturated/α-hetero) is 1. The number of benzene rings is 2. The van der Waals surface area contributed by atoms with E-state index in [0.717, 1.165) is 18.6 Å². The van der Waals surface area contributed by atoms with Crippen LogP contribution in [0.1, 0.15) is 57.4 Å². The lowest BCUT2D eigenvalue weighted by atomic mass is 9.72. The van der Waals surface area contributed by atoms with Gasteiger partial charge in [0, 0.05) is 30.4 Å². The third-order valence-electron chi connectivity index (χ3n) is 7.04. The predicted octanol–water partition coefficient (Wildman–Crippen LogP) is 6.01. The highest BCUT2D eigenvalue weighted by atomic mass is 35.5. The molecule has 1 heterocycles. The molecule has 190 valence electrons. The minimum absolute atomic E-state index is 0.00258. The van der Waals surface area contributed by atoms with Crippen molar-refractivity contribution < 1.29 is 31.5 Å². The van der Waals surface area contributed by atoms with Gasteiger partial charge < -0.3 is 9.47 Å². The molecule has 2 aromatic carbocycles.